The smallest absolute Gasteiger partial charge is 0.162 e. The highest BCUT2D eigenvalue weighted by molar-refractivity contribution is 5.43. The fourth-order valence-corrected chi connectivity index (χ4v) is 2.21. The third-order valence-electron chi connectivity index (χ3n) is 3.34. The fourth-order valence-electron chi connectivity index (χ4n) is 2.21. The Labute approximate surface area is 120 Å². The lowest BCUT2D eigenvalue weighted by Crippen LogP contribution is -2.19. The first-order chi connectivity index (χ1) is 9.65. The normalized spacial score (nSPS) is 12.0. The van der Waals surface area contributed by atoms with Gasteiger partial charge in [-0.05, 0) is 42.7 Å². The molecule has 106 valence electrons. The van der Waals surface area contributed by atoms with Gasteiger partial charge in [0.25, 0.3) is 0 Å². The maximum Gasteiger partial charge on any atom is 0.162 e. The summed E-state index contributed by atoms with van der Waals surface area (Å²) in [6.45, 7) is 4.50. The molecule has 0 saturated heterocycles. The predicted molar refractivity (Wildman–Crippen MR) is 81.3 cm³/mol. The van der Waals surface area contributed by atoms with E-state index in [0.717, 1.165) is 22.6 Å². The van der Waals surface area contributed by atoms with Gasteiger partial charge >= 0.3 is 0 Å². The second-order valence-corrected chi connectivity index (χ2v) is 4.85. The van der Waals surface area contributed by atoms with Crippen molar-refractivity contribution in [1.82, 2.24) is 0 Å². The van der Waals surface area contributed by atoms with Crippen LogP contribution >= 0.6 is 0 Å². The van der Waals surface area contributed by atoms with Gasteiger partial charge in [0, 0.05) is 6.54 Å². The fraction of sp³-hybridized carbons (Fsp3) is 0.294. The van der Waals surface area contributed by atoms with E-state index in [-0.39, 0.29) is 6.10 Å². The van der Waals surface area contributed by atoms with Gasteiger partial charge in [0.2, 0.25) is 0 Å². The maximum absolute atomic E-state index is 6.06. The summed E-state index contributed by atoms with van der Waals surface area (Å²) in [5.74, 6) is 1.45. The second-order valence-electron chi connectivity index (χ2n) is 4.85. The van der Waals surface area contributed by atoms with Gasteiger partial charge in [-0.2, -0.15) is 0 Å². The van der Waals surface area contributed by atoms with Gasteiger partial charge in [0.15, 0.2) is 11.5 Å². The Bertz CT molecular complexity index is 581. The quantitative estimate of drug-likeness (QED) is 0.906. The van der Waals surface area contributed by atoms with Crippen molar-refractivity contribution in [1.29, 1.82) is 0 Å². The summed E-state index contributed by atoms with van der Waals surface area (Å²) in [5.41, 5.74) is 9.29. The molecule has 2 aromatic carbocycles. The van der Waals surface area contributed by atoms with Crippen LogP contribution in [0.3, 0.4) is 0 Å². The van der Waals surface area contributed by atoms with Crippen LogP contribution in [0.25, 0.3) is 0 Å². The highest BCUT2D eigenvalue weighted by Gasteiger charge is 2.16. The summed E-state index contributed by atoms with van der Waals surface area (Å²) in [5, 5.41) is 0. The van der Waals surface area contributed by atoms with Gasteiger partial charge in [0.05, 0.1) is 7.11 Å². The van der Waals surface area contributed by atoms with Crippen molar-refractivity contribution in [3.8, 4) is 11.5 Å². The van der Waals surface area contributed by atoms with E-state index in [4.69, 9.17) is 15.2 Å². The van der Waals surface area contributed by atoms with Gasteiger partial charge in [-0.15, -0.1) is 0 Å². The molecule has 0 aliphatic carbocycles. The van der Waals surface area contributed by atoms with Gasteiger partial charge < -0.3 is 15.2 Å². The Kier molecular flexibility index (Phi) is 4.64. The monoisotopic (exact) mass is 271 g/mol. The number of ether oxygens (including phenoxy) is 2. The highest BCUT2D eigenvalue weighted by Crippen LogP contribution is 2.32. The predicted octanol–water partition coefficient (Wildman–Crippen LogP) is 3.39. The molecule has 0 saturated carbocycles. The number of aryl methyl sites for hydroxylation is 2. The SMILES string of the molecule is COc1cc(C)ccc1OC(CN)c1ccccc1C. The minimum absolute atomic E-state index is 0.173. The van der Waals surface area contributed by atoms with E-state index in [1.165, 1.54) is 5.56 Å². The van der Waals surface area contributed by atoms with Crippen LogP contribution in [0.5, 0.6) is 11.5 Å². The molecule has 0 aliphatic rings. The third kappa shape index (κ3) is 3.11. The number of hydrogen-bond acceptors (Lipinski definition) is 3. The second kappa shape index (κ2) is 6.44. The van der Waals surface area contributed by atoms with Crippen LogP contribution < -0.4 is 15.2 Å². The Morgan fingerprint density at radius 2 is 1.80 bits per heavy atom. The molecule has 20 heavy (non-hydrogen) atoms. The van der Waals surface area contributed by atoms with E-state index in [0.29, 0.717) is 6.54 Å². The number of rotatable bonds is 5. The molecule has 1 atom stereocenters. The summed E-state index contributed by atoms with van der Waals surface area (Å²) >= 11 is 0. The van der Waals surface area contributed by atoms with E-state index in [9.17, 15) is 0 Å². The van der Waals surface area contributed by atoms with Crippen molar-refractivity contribution in [3.63, 3.8) is 0 Å². The highest BCUT2D eigenvalue weighted by atomic mass is 16.5. The van der Waals surface area contributed by atoms with Gasteiger partial charge in [0.1, 0.15) is 6.10 Å². The molecule has 3 nitrogen and oxygen atoms in total. The third-order valence-corrected chi connectivity index (χ3v) is 3.34. The molecular formula is C17H21NO2. The molecule has 0 spiro atoms. The summed E-state index contributed by atoms with van der Waals surface area (Å²) in [6.07, 6.45) is -0.173. The average Bonchev–Trinajstić information content (AvgIpc) is 2.47. The largest absolute Gasteiger partial charge is 0.493 e. The van der Waals surface area contributed by atoms with Crippen molar-refractivity contribution in [2.75, 3.05) is 13.7 Å². The zero-order chi connectivity index (χ0) is 14.5. The van der Waals surface area contributed by atoms with Crippen LogP contribution in [0.15, 0.2) is 42.5 Å². The first-order valence-electron chi connectivity index (χ1n) is 6.72. The van der Waals surface area contributed by atoms with Crippen molar-refractivity contribution in [2.24, 2.45) is 5.73 Å². The topological polar surface area (TPSA) is 44.5 Å². The van der Waals surface area contributed by atoms with Crippen LogP contribution in [0.2, 0.25) is 0 Å². The summed E-state index contributed by atoms with van der Waals surface area (Å²) in [7, 11) is 1.65. The molecule has 0 fully saturated rings. The van der Waals surface area contributed by atoms with Crippen LogP contribution in [-0.4, -0.2) is 13.7 Å². The molecule has 0 radical (unpaired) electrons. The molecule has 0 bridgehead atoms. The van der Waals surface area contributed by atoms with E-state index in [1.807, 2.05) is 43.3 Å². The number of nitrogens with two attached hydrogens (primary N) is 1. The lowest BCUT2D eigenvalue weighted by atomic mass is 10.0. The number of hydrogen-bond donors (Lipinski definition) is 1. The Morgan fingerprint density at radius 1 is 1.05 bits per heavy atom. The number of methoxy groups -OCH3 is 1. The molecule has 0 aromatic heterocycles. The molecule has 3 heteroatoms. The minimum Gasteiger partial charge on any atom is -0.493 e. The molecule has 1 unspecified atom stereocenters. The van der Waals surface area contributed by atoms with Crippen LogP contribution in [0, 0.1) is 13.8 Å². The van der Waals surface area contributed by atoms with Crippen LogP contribution in [0.1, 0.15) is 22.8 Å². The van der Waals surface area contributed by atoms with Crippen molar-refractivity contribution in [3.05, 3.63) is 59.2 Å². The molecule has 0 heterocycles. The van der Waals surface area contributed by atoms with Crippen molar-refractivity contribution >= 4 is 0 Å². The zero-order valence-electron chi connectivity index (χ0n) is 12.2. The molecule has 2 aromatic rings. The van der Waals surface area contributed by atoms with E-state index in [1.54, 1.807) is 7.11 Å². The summed E-state index contributed by atoms with van der Waals surface area (Å²) in [6, 6.07) is 14.0. The molecule has 2 rings (SSSR count). The Balaban J connectivity index is 2.29. The maximum atomic E-state index is 6.06. The van der Waals surface area contributed by atoms with Gasteiger partial charge in [-0.1, -0.05) is 30.3 Å². The number of benzene rings is 2. The first kappa shape index (κ1) is 14.4. The first-order valence-corrected chi connectivity index (χ1v) is 6.72. The van der Waals surface area contributed by atoms with Crippen molar-refractivity contribution in [2.45, 2.75) is 20.0 Å². The molecule has 0 aliphatic heterocycles. The molecule has 2 N–H and O–H groups in total. The van der Waals surface area contributed by atoms with Gasteiger partial charge in [-0.25, -0.2) is 0 Å². The lowest BCUT2D eigenvalue weighted by Gasteiger charge is -2.21. The average molecular weight is 271 g/mol. The standard InChI is InChI=1S/C17H21NO2/c1-12-8-9-15(16(10-12)19-3)20-17(11-18)14-7-5-4-6-13(14)2/h4-10,17H,11,18H2,1-3H3. The molecular weight excluding hydrogens is 250 g/mol. The van der Waals surface area contributed by atoms with Crippen molar-refractivity contribution < 1.29 is 9.47 Å². The van der Waals surface area contributed by atoms with Crippen LogP contribution in [-0.2, 0) is 0 Å². The van der Waals surface area contributed by atoms with Crippen LogP contribution in [0.4, 0.5) is 0 Å². The summed E-state index contributed by atoms with van der Waals surface area (Å²) in [4.78, 5) is 0. The summed E-state index contributed by atoms with van der Waals surface area (Å²) < 4.78 is 11.4. The Morgan fingerprint density at radius 3 is 2.45 bits per heavy atom. The lowest BCUT2D eigenvalue weighted by molar-refractivity contribution is 0.204. The van der Waals surface area contributed by atoms with E-state index < -0.39 is 0 Å². The van der Waals surface area contributed by atoms with E-state index >= 15 is 0 Å². The van der Waals surface area contributed by atoms with Gasteiger partial charge in [-0.3, -0.25) is 0 Å². The van der Waals surface area contributed by atoms with E-state index in [2.05, 4.69) is 13.0 Å². The zero-order valence-corrected chi connectivity index (χ0v) is 12.2. The minimum atomic E-state index is -0.173. The molecule has 0 amide bonds. The Hall–Kier alpha value is -2.00.